The van der Waals surface area contributed by atoms with Crippen molar-refractivity contribution in [3.63, 3.8) is 0 Å². The Morgan fingerprint density at radius 1 is 1.44 bits per heavy atom. The highest BCUT2D eigenvalue weighted by Gasteiger charge is 2.12. The molecule has 88 valence electrons. The number of aliphatic hydroxyl groups is 1. The highest BCUT2D eigenvalue weighted by atomic mass is 16.5. The number of hydrogen-bond acceptors (Lipinski definition) is 5. The van der Waals surface area contributed by atoms with Crippen LogP contribution in [-0.2, 0) is 4.74 Å². The van der Waals surface area contributed by atoms with Gasteiger partial charge >= 0.3 is 0 Å². The number of nitrogens with two attached hydrogens (primary N) is 1. The van der Waals surface area contributed by atoms with Gasteiger partial charge in [-0.25, -0.2) is 4.98 Å². The molecule has 0 spiro atoms. The SMILES string of the molecule is NC(CO)c1ccc(N2CCOCC2)nc1. The van der Waals surface area contributed by atoms with Crippen molar-refractivity contribution in [3.05, 3.63) is 23.9 Å². The highest BCUT2D eigenvalue weighted by molar-refractivity contribution is 5.40. The van der Waals surface area contributed by atoms with Crippen LogP contribution < -0.4 is 10.6 Å². The molecule has 1 saturated heterocycles. The smallest absolute Gasteiger partial charge is 0.128 e. The number of aliphatic hydroxyl groups excluding tert-OH is 1. The van der Waals surface area contributed by atoms with Crippen molar-refractivity contribution in [2.24, 2.45) is 5.73 Å². The van der Waals surface area contributed by atoms with Gasteiger partial charge in [0.15, 0.2) is 0 Å². The molecule has 0 amide bonds. The summed E-state index contributed by atoms with van der Waals surface area (Å²) >= 11 is 0. The van der Waals surface area contributed by atoms with Crippen molar-refractivity contribution >= 4 is 5.82 Å². The number of ether oxygens (including phenoxy) is 1. The number of aromatic nitrogens is 1. The Labute approximate surface area is 94.8 Å². The molecule has 1 atom stereocenters. The maximum absolute atomic E-state index is 8.93. The molecular weight excluding hydrogens is 206 g/mol. The third-order valence-electron chi connectivity index (χ3n) is 2.73. The lowest BCUT2D eigenvalue weighted by molar-refractivity contribution is 0.122. The monoisotopic (exact) mass is 223 g/mol. The standard InChI is InChI=1S/C11H17N3O2/c12-10(8-15)9-1-2-11(13-7-9)14-3-5-16-6-4-14/h1-2,7,10,15H,3-6,8,12H2. The minimum atomic E-state index is -0.341. The molecule has 1 aliphatic rings. The lowest BCUT2D eigenvalue weighted by Crippen LogP contribution is -2.36. The molecule has 0 bridgehead atoms. The Balaban J connectivity index is 2.06. The van der Waals surface area contributed by atoms with Gasteiger partial charge in [0.1, 0.15) is 5.82 Å². The van der Waals surface area contributed by atoms with Gasteiger partial charge in [0, 0.05) is 19.3 Å². The molecule has 0 aliphatic carbocycles. The van der Waals surface area contributed by atoms with Crippen molar-refractivity contribution in [1.82, 2.24) is 4.98 Å². The van der Waals surface area contributed by atoms with E-state index in [4.69, 9.17) is 15.6 Å². The minimum Gasteiger partial charge on any atom is -0.394 e. The minimum absolute atomic E-state index is 0.0570. The molecule has 5 heteroatoms. The van der Waals surface area contributed by atoms with Crippen LogP contribution in [0.25, 0.3) is 0 Å². The molecule has 2 heterocycles. The van der Waals surface area contributed by atoms with Gasteiger partial charge in [-0.3, -0.25) is 0 Å². The lowest BCUT2D eigenvalue weighted by Gasteiger charge is -2.27. The zero-order valence-corrected chi connectivity index (χ0v) is 9.17. The number of pyridine rings is 1. The number of hydrogen-bond donors (Lipinski definition) is 2. The van der Waals surface area contributed by atoms with Gasteiger partial charge in [0.2, 0.25) is 0 Å². The van der Waals surface area contributed by atoms with E-state index in [1.165, 1.54) is 0 Å². The summed E-state index contributed by atoms with van der Waals surface area (Å²) in [6, 6.07) is 3.51. The van der Waals surface area contributed by atoms with E-state index in [0.717, 1.165) is 37.7 Å². The van der Waals surface area contributed by atoms with Crippen molar-refractivity contribution in [2.75, 3.05) is 37.8 Å². The molecule has 1 fully saturated rings. The van der Waals surface area contributed by atoms with E-state index in [-0.39, 0.29) is 12.6 Å². The Morgan fingerprint density at radius 2 is 2.19 bits per heavy atom. The molecule has 5 nitrogen and oxygen atoms in total. The molecule has 1 aromatic heterocycles. The van der Waals surface area contributed by atoms with Gasteiger partial charge in [0.05, 0.1) is 25.9 Å². The van der Waals surface area contributed by atoms with E-state index in [9.17, 15) is 0 Å². The normalized spacial score (nSPS) is 18.5. The van der Waals surface area contributed by atoms with Crippen LogP contribution in [0.5, 0.6) is 0 Å². The fraction of sp³-hybridized carbons (Fsp3) is 0.545. The van der Waals surface area contributed by atoms with Crippen LogP contribution in [0, 0.1) is 0 Å². The maximum Gasteiger partial charge on any atom is 0.128 e. The quantitative estimate of drug-likeness (QED) is 0.749. The Kier molecular flexibility index (Phi) is 3.71. The van der Waals surface area contributed by atoms with Crippen LogP contribution in [0.4, 0.5) is 5.82 Å². The zero-order valence-electron chi connectivity index (χ0n) is 9.17. The van der Waals surface area contributed by atoms with Crippen LogP contribution in [0.2, 0.25) is 0 Å². The van der Waals surface area contributed by atoms with Crippen LogP contribution in [-0.4, -0.2) is 43.0 Å². The second kappa shape index (κ2) is 5.25. The first-order chi connectivity index (χ1) is 7.81. The predicted octanol–water partition coefficient (Wildman–Crippen LogP) is -0.0897. The van der Waals surface area contributed by atoms with E-state index in [1.54, 1.807) is 6.20 Å². The van der Waals surface area contributed by atoms with E-state index in [1.807, 2.05) is 12.1 Å². The first-order valence-electron chi connectivity index (χ1n) is 5.46. The summed E-state index contributed by atoms with van der Waals surface area (Å²) in [5.41, 5.74) is 6.56. The molecule has 3 N–H and O–H groups in total. The van der Waals surface area contributed by atoms with Crippen molar-refractivity contribution in [3.8, 4) is 0 Å². The number of rotatable bonds is 3. The highest BCUT2D eigenvalue weighted by Crippen LogP contribution is 2.15. The number of anilines is 1. The summed E-state index contributed by atoms with van der Waals surface area (Å²) < 4.78 is 5.28. The third-order valence-corrected chi connectivity index (χ3v) is 2.73. The first-order valence-corrected chi connectivity index (χ1v) is 5.46. The van der Waals surface area contributed by atoms with E-state index in [0.29, 0.717) is 0 Å². The summed E-state index contributed by atoms with van der Waals surface area (Å²) in [5.74, 6) is 0.942. The number of morpholine rings is 1. The molecule has 1 aromatic rings. The number of nitrogens with zero attached hydrogens (tertiary/aromatic N) is 2. The van der Waals surface area contributed by atoms with Crippen LogP contribution in [0.3, 0.4) is 0 Å². The largest absolute Gasteiger partial charge is 0.394 e. The van der Waals surface area contributed by atoms with Crippen molar-refractivity contribution in [1.29, 1.82) is 0 Å². The van der Waals surface area contributed by atoms with Gasteiger partial charge < -0.3 is 20.5 Å². The van der Waals surface area contributed by atoms with Crippen LogP contribution in [0.15, 0.2) is 18.3 Å². The topological polar surface area (TPSA) is 71.6 Å². The summed E-state index contributed by atoms with van der Waals surface area (Å²) in [4.78, 5) is 6.53. The summed E-state index contributed by atoms with van der Waals surface area (Å²) in [6.07, 6.45) is 1.73. The molecule has 0 saturated carbocycles. The molecule has 2 rings (SSSR count). The molecule has 0 aromatic carbocycles. The fourth-order valence-corrected chi connectivity index (χ4v) is 1.70. The van der Waals surface area contributed by atoms with Crippen molar-refractivity contribution < 1.29 is 9.84 Å². The third kappa shape index (κ3) is 2.49. The molecule has 1 unspecified atom stereocenters. The fourth-order valence-electron chi connectivity index (χ4n) is 1.70. The lowest BCUT2D eigenvalue weighted by atomic mass is 10.1. The van der Waals surface area contributed by atoms with Crippen molar-refractivity contribution in [2.45, 2.75) is 6.04 Å². The average Bonchev–Trinajstić information content (AvgIpc) is 2.39. The molecule has 16 heavy (non-hydrogen) atoms. The zero-order chi connectivity index (χ0) is 11.4. The predicted molar refractivity (Wildman–Crippen MR) is 61.3 cm³/mol. The molecule has 0 radical (unpaired) electrons. The van der Waals surface area contributed by atoms with Gasteiger partial charge in [-0.1, -0.05) is 6.07 Å². The Bertz CT molecular complexity index is 323. The molecular formula is C11H17N3O2. The van der Waals surface area contributed by atoms with E-state index < -0.39 is 0 Å². The van der Waals surface area contributed by atoms with Gasteiger partial charge in [-0.05, 0) is 11.6 Å². The second-order valence-electron chi connectivity index (χ2n) is 3.84. The Morgan fingerprint density at radius 3 is 2.75 bits per heavy atom. The maximum atomic E-state index is 8.93. The van der Waals surface area contributed by atoms with Gasteiger partial charge in [0.25, 0.3) is 0 Å². The van der Waals surface area contributed by atoms with Gasteiger partial charge in [-0.15, -0.1) is 0 Å². The average molecular weight is 223 g/mol. The van der Waals surface area contributed by atoms with E-state index >= 15 is 0 Å². The molecule has 1 aliphatic heterocycles. The van der Waals surface area contributed by atoms with Crippen LogP contribution in [0.1, 0.15) is 11.6 Å². The second-order valence-corrected chi connectivity index (χ2v) is 3.84. The first kappa shape index (κ1) is 11.3. The van der Waals surface area contributed by atoms with E-state index in [2.05, 4.69) is 9.88 Å². The summed E-state index contributed by atoms with van der Waals surface area (Å²) in [7, 11) is 0. The Hall–Kier alpha value is -1.17. The van der Waals surface area contributed by atoms with Crippen LogP contribution >= 0.6 is 0 Å². The van der Waals surface area contributed by atoms with Gasteiger partial charge in [-0.2, -0.15) is 0 Å². The summed E-state index contributed by atoms with van der Waals surface area (Å²) in [6.45, 7) is 3.19. The summed E-state index contributed by atoms with van der Waals surface area (Å²) in [5, 5.41) is 8.93.